The first-order valence-corrected chi connectivity index (χ1v) is 11.1. The quantitative estimate of drug-likeness (QED) is 0.529. The minimum atomic E-state index is -3.16. The average molecular weight is 397 g/mol. The van der Waals surface area contributed by atoms with Gasteiger partial charge in [-0.25, -0.2) is 8.42 Å². The van der Waals surface area contributed by atoms with Crippen molar-refractivity contribution in [3.05, 3.63) is 35.4 Å². The highest BCUT2D eigenvalue weighted by molar-refractivity contribution is 7.92. The maximum atomic E-state index is 11.9. The van der Waals surface area contributed by atoms with Gasteiger partial charge in [0.05, 0.1) is 18.0 Å². The molecule has 1 aromatic rings. The fourth-order valence-electron chi connectivity index (χ4n) is 2.71. The van der Waals surface area contributed by atoms with Gasteiger partial charge in [0.25, 0.3) is 0 Å². The molecule has 7 nitrogen and oxygen atoms in total. The highest BCUT2D eigenvalue weighted by atomic mass is 32.2. The second-order valence-corrected chi connectivity index (χ2v) is 10.1. The average Bonchev–Trinajstić information content (AvgIpc) is 2.63. The lowest BCUT2D eigenvalue weighted by Gasteiger charge is -2.27. The lowest BCUT2D eigenvalue weighted by Crippen LogP contribution is -2.47. The summed E-state index contributed by atoms with van der Waals surface area (Å²) in [6.07, 6.45) is 1.26. The molecule has 0 aromatic heterocycles. The number of rotatable bonds is 7. The molecule has 1 aliphatic rings. The fraction of sp³-hybridized carbons (Fsp3) is 0.632. The number of aliphatic imine (C=N–C) groups is 1. The molecule has 0 saturated carbocycles. The van der Waals surface area contributed by atoms with Crippen molar-refractivity contribution in [2.75, 3.05) is 46.2 Å². The summed E-state index contributed by atoms with van der Waals surface area (Å²) in [5.41, 5.74) is 2.48. The van der Waals surface area contributed by atoms with E-state index in [1.54, 1.807) is 20.9 Å². The molecular weight excluding hydrogens is 364 g/mol. The molecule has 1 saturated heterocycles. The third kappa shape index (κ3) is 6.48. The van der Waals surface area contributed by atoms with Crippen molar-refractivity contribution in [2.24, 2.45) is 4.99 Å². The van der Waals surface area contributed by atoms with Crippen LogP contribution in [0.15, 0.2) is 29.3 Å². The van der Waals surface area contributed by atoms with Crippen LogP contribution in [0.4, 0.5) is 0 Å². The van der Waals surface area contributed by atoms with Crippen LogP contribution in [0.25, 0.3) is 0 Å². The molecule has 0 bridgehead atoms. The Bertz CT molecular complexity index is 741. The Labute approximate surface area is 163 Å². The molecule has 0 radical (unpaired) electrons. The van der Waals surface area contributed by atoms with E-state index in [1.165, 1.54) is 17.4 Å². The standard InChI is InChI=1S/C19H32N4O3S/c1-19(2,27(4,24)25)15-22-18(20-3)21-13-16-7-5-6-8-17(16)14-23-9-11-26-12-10-23/h5-8H,9-15H2,1-4H3,(H2,20,21,22). The lowest BCUT2D eigenvalue weighted by atomic mass is 10.1. The van der Waals surface area contributed by atoms with E-state index < -0.39 is 14.6 Å². The van der Waals surface area contributed by atoms with Gasteiger partial charge < -0.3 is 15.4 Å². The maximum Gasteiger partial charge on any atom is 0.191 e. The Morgan fingerprint density at radius 2 is 1.81 bits per heavy atom. The van der Waals surface area contributed by atoms with Crippen molar-refractivity contribution in [3.8, 4) is 0 Å². The minimum Gasteiger partial charge on any atom is -0.379 e. The Hall–Kier alpha value is -1.64. The summed E-state index contributed by atoms with van der Waals surface area (Å²) in [6.45, 7) is 8.70. The van der Waals surface area contributed by atoms with Crippen LogP contribution >= 0.6 is 0 Å². The van der Waals surface area contributed by atoms with Crippen LogP contribution in [0, 0.1) is 0 Å². The summed E-state index contributed by atoms with van der Waals surface area (Å²) >= 11 is 0. The van der Waals surface area contributed by atoms with Gasteiger partial charge in [-0.05, 0) is 25.0 Å². The van der Waals surface area contributed by atoms with E-state index in [4.69, 9.17) is 4.74 Å². The molecule has 152 valence electrons. The zero-order valence-corrected chi connectivity index (χ0v) is 17.6. The summed E-state index contributed by atoms with van der Waals surface area (Å²) in [4.78, 5) is 6.60. The molecule has 0 amide bonds. The van der Waals surface area contributed by atoms with Gasteiger partial charge in [-0.3, -0.25) is 9.89 Å². The van der Waals surface area contributed by atoms with Gasteiger partial charge >= 0.3 is 0 Å². The second kappa shape index (κ2) is 9.52. The van der Waals surface area contributed by atoms with Crippen molar-refractivity contribution in [3.63, 3.8) is 0 Å². The summed E-state index contributed by atoms with van der Waals surface area (Å²) in [5.74, 6) is 0.591. The maximum absolute atomic E-state index is 11.9. The van der Waals surface area contributed by atoms with Gasteiger partial charge in [-0.1, -0.05) is 24.3 Å². The van der Waals surface area contributed by atoms with Crippen LogP contribution in [0.5, 0.6) is 0 Å². The van der Waals surface area contributed by atoms with E-state index in [0.717, 1.165) is 32.8 Å². The van der Waals surface area contributed by atoms with Gasteiger partial charge in [0.15, 0.2) is 15.8 Å². The number of hydrogen-bond acceptors (Lipinski definition) is 5. The van der Waals surface area contributed by atoms with E-state index >= 15 is 0 Å². The molecule has 2 rings (SSSR count). The van der Waals surface area contributed by atoms with Crippen molar-refractivity contribution in [1.29, 1.82) is 0 Å². The Morgan fingerprint density at radius 1 is 1.19 bits per heavy atom. The molecule has 0 atom stereocenters. The predicted octanol–water partition coefficient (Wildman–Crippen LogP) is 1.01. The van der Waals surface area contributed by atoms with Gasteiger partial charge in [0.1, 0.15) is 0 Å². The molecule has 1 aliphatic heterocycles. The van der Waals surface area contributed by atoms with Crippen LogP contribution in [-0.2, 0) is 27.7 Å². The molecule has 0 unspecified atom stereocenters. The largest absolute Gasteiger partial charge is 0.379 e. The fourth-order valence-corrected chi connectivity index (χ4v) is 3.05. The highest BCUT2D eigenvalue weighted by Crippen LogP contribution is 2.14. The van der Waals surface area contributed by atoms with E-state index in [1.807, 2.05) is 6.07 Å². The number of guanidine groups is 1. The zero-order chi connectivity index (χ0) is 19.9. The highest BCUT2D eigenvalue weighted by Gasteiger charge is 2.30. The third-order valence-electron chi connectivity index (χ3n) is 4.97. The van der Waals surface area contributed by atoms with E-state index in [0.29, 0.717) is 19.0 Å². The van der Waals surface area contributed by atoms with E-state index in [9.17, 15) is 8.42 Å². The van der Waals surface area contributed by atoms with Crippen LogP contribution in [0.2, 0.25) is 0 Å². The van der Waals surface area contributed by atoms with Gasteiger partial charge in [0.2, 0.25) is 0 Å². The van der Waals surface area contributed by atoms with Gasteiger partial charge in [-0.15, -0.1) is 0 Å². The number of hydrogen-bond donors (Lipinski definition) is 2. The SMILES string of the molecule is CN=C(NCc1ccccc1CN1CCOCC1)NCC(C)(C)S(C)(=O)=O. The first kappa shape index (κ1) is 21.7. The Morgan fingerprint density at radius 3 is 2.41 bits per heavy atom. The number of nitrogens with zero attached hydrogens (tertiary/aromatic N) is 2. The summed E-state index contributed by atoms with van der Waals surface area (Å²) in [7, 11) is -1.47. The molecule has 1 aromatic carbocycles. The van der Waals surface area contributed by atoms with Crippen LogP contribution in [0.3, 0.4) is 0 Å². The monoisotopic (exact) mass is 396 g/mol. The summed E-state index contributed by atoms with van der Waals surface area (Å²) in [6, 6.07) is 8.34. The molecule has 2 N–H and O–H groups in total. The summed E-state index contributed by atoms with van der Waals surface area (Å²) in [5, 5.41) is 6.41. The number of sulfone groups is 1. The van der Waals surface area contributed by atoms with E-state index in [2.05, 4.69) is 38.7 Å². The normalized spacial score (nSPS) is 17.0. The smallest absolute Gasteiger partial charge is 0.191 e. The first-order chi connectivity index (χ1) is 12.7. The van der Waals surface area contributed by atoms with Gasteiger partial charge in [-0.2, -0.15) is 0 Å². The molecule has 0 aliphatic carbocycles. The van der Waals surface area contributed by atoms with Crippen LogP contribution in [0.1, 0.15) is 25.0 Å². The Balaban J connectivity index is 1.94. The van der Waals surface area contributed by atoms with Crippen molar-refractivity contribution in [1.82, 2.24) is 15.5 Å². The molecule has 1 fully saturated rings. The number of benzene rings is 1. The van der Waals surface area contributed by atoms with E-state index in [-0.39, 0.29) is 0 Å². The second-order valence-electron chi connectivity index (χ2n) is 7.47. The number of nitrogens with one attached hydrogen (secondary N) is 2. The number of morpholine rings is 1. The van der Waals surface area contributed by atoms with Crippen molar-refractivity contribution in [2.45, 2.75) is 31.7 Å². The van der Waals surface area contributed by atoms with Crippen LogP contribution in [-0.4, -0.2) is 70.2 Å². The third-order valence-corrected chi connectivity index (χ3v) is 7.12. The zero-order valence-electron chi connectivity index (χ0n) is 16.8. The Kier molecular flexibility index (Phi) is 7.64. The van der Waals surface area contributed by atoms with Crippen LogP contribution < -0.4 is 10.6 Å². The first-order valence-electron chi connectivity index (χ1n) is 9.24. The number of ether oxygens (including phenoxy) is 1. The minimum absolute atomic E-state index is 0.293. The lowest BCUT2D eigenvalue weighted by molar-refractivity contribution is 0.0341. The predicted molar refractivity (Wildman–Crippen MR) is 110 cm³/mol. The molecule has 1 heterocycles. The molecule has 0 spiro atoms. The summed E-state index contributed by atoms with van der Waals surface area (Å²) < 4.78 is 28.3. The van der Waals surface area contributed by atoms with Gasteiger partial charge in [0, 0.05) is 46.0 Å². The molecular formula is C19H32N4O3S. The molecule has 8 heteroatoms. The van der Waals surface area contributed by atoms with Crippen molar-refractivity contribution < 1.29 is 13.2 Å². The van der Waals surface area contributed by atoms with Crippen molar-refractivity contribution >= 4 is 15.8 Å². The molecule has 27 heavy (non-hydrogen) atoms. The topological polar surface area (TPSA) is 83.0 Å².